The molecule has 2 bridgehead atoms. The first kappa shape index (κ1) is 13.2. The minimum atomic E-state index is -0.244. The van der Waals surface area contributed by atoms with Gasteiger partial charge in [-0.3, -0.25) is 4.79 Å². The summed E-state index contributed by atoms with van der Waals surface area (Å²) in [4.78, 5) is 16.1. The highest BCUT2D eigenvalue weighted by Gasteiger charge is 2.49. The number of allylic oxidation sites excluding steroid dienone is 2. The molecule has 20 heavy (non-hydrogen) atoms. The van der Waals surface area contributed by atoms with Crippen molar-refractivity contribution in [2.24, 2.45) is 34.2 Å². The lowest BCUT2D eigenvalue weighted by molar-refractivity contribution is -0.122. The van der Waals surface area contributed by atoms with Crippen molar-refractivity contribution in [2.75, 3.05) is 0 Å². The van der Waals surface area contributed by atoms with Crippen LogP contribution in [0.2, 0.25) is 5.02 Å². The average molecular weight is 290 g/mol. The van der Waals surface area contributed by atoms with Crippen molar-refractivity contribution >= 4 is 23.5 Å². The van der Waals surface area contributed by atoms with Crippen LogP contribution in [-0.2, 0) is 4.79 Å². The van der Waals surface area contributed by atoms with E-state index in [9.17, 15) is 4.79 Å². The number of amides is 1. The van der Waals surface area contributed by atoms with Crippen molar-refractivity contribution < 1.29 is 4.79 Å². The van der Waals surface area contributed by atoms with Gasteiger partial charge in [-0.25, -0.2) is 0 Å². The van der Waals surface area contributed by atoms with Crippen LogP contribution < -0.4 is 11.5 Å². The molecule has 1 saturated carbocycles. The van der Waals surface area contributed by atoms with E-state index in [4.69, 9.17) is 23.1 Å². The highest BCUT2D eigenvalue weighted by Crippen LogP contribution is 2.54. The van der Waals surface area contributed by atoms with Crippen LogP contribution in [0.1, 0.15) is 17.9 Å². The van der Waals surface area contributed by atoms with E-state index in [1.54, 1.807) is 0 Å². The maximum Gasteiger partial charge on any atom is 0.253 e. The second kappa shape index (κ2) is 4.94. The number of halogens is 1. The molecule has 4 nitrogen and oxygen atoms in total. The third-order valence-electron chi connectivity index (χ3n) is 4.25. The minimum absolute atomic E-state index is 0.0642. The van der Waals surface area contributed by atoms with Crippen LogP contribution >= 0.6 is 11.6 Å². The molecule has 2 unspecified atom stereocenters. The van der Waals surface area contributed by atoms with E-state index in [-0.39, 0.29) is 29.6 Å². The zero-order valence-corrected chi connectivity index (χ0v) is 11.6. The largest absolute Gasteiger partial charge is 0.370 e. The molecule has 1 amide bonds. The van der Waals surface area contributed by atoms with Crippen LogP contribution in [0.15, 0.2) is 41.4 Å². The van der Waals surface area contributed by atoms with Crippen LogP contribution in [-0.4, -0.2) is 11.9 Å². The van der Waals surface area contributed by atoms with Crippen molar-refractivity contribution in [3.63, 3.8) is 0 Å². The summed E-state index contributed by atoms with van der Waals surface area (Å²) in [6.07, 6.45) is 5.24. The standard InChI is InChI=1S/C15H16ClN3O/c16-11-4-2-1-3-10(11)12-8-5-6-9(7-8)13(12)14(20)19-15(17)18/h1-6,8-9,12-13H,7H2,(H4,17,18,19,20)/t8?,9?,12-,13+/m0/s1. The van der Waals surface area contributed by atoms with Gasteiger partial charge in [0, 0.05) is 10.9 Å². The Hall–Kier alpha value is -1.81. The number of benzene rings is 1. The lowest BCUT2D eigenvalue weighted by atomic mass is 9.78. The average Bonchev–Trinajstić information content (AvgIpc) is 2.98. The summed E-state index contributed by atoms with van der Waals surface area (Å²) in [6.45, 7) is 0. The van der Waals surface area contributed by atoms with Gasteiger partial charge in [0.1, 0.15) is 0 Å². The molecular formula is C15H16ClN3O. The summed E-state index contributed by atoms with van der Waals surface area (Å²) < 4.78 is 0. The highest BCUT2D eigenvalue weighted by molar-refractivity contribution is 6.31. The summed E-state index contributed by atoms with van der Waals surface area (Å²) in [7, 11) is 0. The van der Waals surface area contributed by atoms with E-state index in [0.29, 0.717) is 10.9 Å². The van der Waals surface area contributed by atoms with E-state index in [0.717, 1.165) is 12.0 Å². The Morgan fingerprint density at radius 3 is 2.60 bits per heavy atom. The molecule has 104 valence electrons. The van der Waals surface area contributed by atoms with Gasteiger partial charge in [-0.05, 0) is 29.9 Å². The maximum absolute atomic E-state index is 12.3. The third-order valence-corrected chi connectivity index (χ3v) is 4.59. The summed E-state index contributed by atoms with van der Waals surface area (Å²) in [5.74, 6) is -0.0346. The van der Waals surface area contributed by atoms with Gasteiger partial charge in [0.15, 0.2) is 5.96 Å². The van der Waals surface area contributed by atoms with Gasteiger partial charge in [0.05, 0.1) is 5.92 Å². The Balaban J connectivity index is 2.00. The molecule has 0 aromatic heterocycles. The molecular weight excluding hydrogens is 274 g/mol. The number of aliphatic imine (C=N–C) groups is 1. The zero-order valence-electron chi connectivity index (χ0n) is 10.9. The molecule has 3 rings (SSSR count). The van der Waals surface area contributed by atoms with E-state index >= 15 is 0 Å². The number of nitrogens with two attached hydrogens (primary N) is 2. The first-order valence-electron chi connectivity index (χ1n) is 6.64. The number of rotatable bonds is 2. The number of hydrogen-bond donors (Lipinski definition) is 2. The van der Waals surface area contributed by atoms with Crippen molar-refractivity contribution in [2.45, 2.75) is 12.3 Å². The minimum Gasteiger partial charge on any atom is -0.370 e. The summed E-state index contributed by atoms with van der Waals surface area (Å²) in [5.41, 5.74) is 11.7. The molecule has 0 radical (unpaired) electrons. The Labute approximate surface area is 122 Å². The number of carbonyl (C=O) groups excluding carboxylic acids is 1. The molecule has 0 heterocycles. The van der Waals surface area contributed by atoms with Crippen molar-refractivity contribution in [1.29, 1.82) is 0 Å². The number of fused-ring (bicyclic) bond motifs is 2. The summed E-state index contributed by atoms with van der Waals surface area (Å²) >= 11 is 6.30. The topological polar surface area (TPSA) is 81.5 Å². The van der Waals surface area contributed by atoms with Gasteiger partial charge in [0.25, 0.3) is 5.91 Å². The van der Waals surface area contributed by atoms with Gasteiger partial charge >= 0.3 is 0 Å². The zero-order chi connectivity index (χ0) is 14.3. The third kappa shape index (κ3) is 2.10. The number of nitrogens with zero attached hydrogens (tertiary/aromatic N) is 1. The van der Waals surface area contributed by atoms with E-state index in [1.807, 2.05) is 24.3 Å². The molecule has 1 aromatic carbocycles. The molecule has 4 N–H and O–H groups in total. The predicted molar refractivity (Wildman–Crippen MR) is 79.2 cm³/mol. The van der Waals surface area contributed by atoms with Crippen molar-refractivity contribution in [3.05, 3.63) is 47.0 Å². The maximum atomic E-state index is 12.3. The molecule has 4 atom stereocenters. The molecule has 0 aliphatic heterocycles. The predicted octanol–water partition coefficient (Wildman–Crippen LogP) is 2.05. The lowest BCUT2D eigenvalue weighted by Crippen LogP contribution is -2.30. The molecule has 1 fully saturated rings. The van der Waals surface area contributed by atoms with Crippen LogP contribution in [0.4, 0.5) is 0 Å². The van der Waals surface area contributed by atoms with E-state index < -0.39 is 0 Å². The number of carbonyl (C=O) groups is 1. The SMILES string of the molecule is NC(N)=NC(=O)[C@@H]1C2C=CC(C2)[C@H]1c1ccccc1Cl. The van der Waals surface area contributed by atoms with Crippen LogP contribution in [0, 0.1) is 17.8 Å². The highest BCUT2D eigenvalue weighted by atomic mass is 35.5. The fourth-order valence-corrected chi connectivity index (χ4v) is 3.79. The summed E-state index contributed by atoms with van der Waals surface area (Å²) in [5, 5.41) is 0.695. The normalized spacial score (nSPS) is 30.4. The van der Waals surface area contributed by atoms with Crippen LogP contribution in [0.3, 0.4) is 0 Å². The Bertz CT molecular complexity index is 607. The molecule has 0 spiro atoms. The van der Waals surface area contributed by atoms with Crippen LogP contribution in [0.5, 0.6) is 0 Å². The van der Waals surface area contributed by atoms with Gasteiger partial charge in [0.2, 0.25) is 0 Å². The fraction of sp³-hybridized carbons (Fsp3) is 0.333. The second-order valence-corrected chi connectivity index (χ2v) is 5.80. The number of hydrogen-bond acceptors (Lipinski definition) is 1. The van der Waals surface area contributed by atoms with E-state index in [1.165, 1.54) is 0 Å². The molecule has 0 saturated heterocycles. The Morgan fingerprint density at radius 2 is 1.90 bits per heavy atom. The Morgan fingerprint density at radius 1 is 1.20 bits per heavy atom. The smallest absolute Gasteiger partial charge is 0.253 e. The first-order chi connectivity index (χ1) is 9.58. The van der Waals surface area contributed by atoms with Gasteiger partial charge in [-0.15, -0.1) is 0 Å². The quantitative estimate of drug-likeness (QED) is 0.497. The van der Waals surface area contributed by atoms with Crippen molar-refractivity contribution in [1.82, 2.24) is 0 Å². The van der Waals surface area contributed by atoms with Crippen molar-refractivity contribution in [3.8, 4) is 0 Å². The summed E-state index contributed by atoms with van der Waals surface area (Å²) in [6, 6.07) is 7.67. The second-order valence-electron chi connectivity index (χ2n) is 5.40. The van der Waals surface area contributed by atoms with Gasteiger partial charge in [-0.1, -0.05) is 42.0 Å². The van der Waals surface area contributed by atoms with Gasteiger partial charge in [-0.2, -0.15) is 4.99 Å². The lowest BCUT2D eigenvalue weighted by Gasteiger charge is -2.26. The number of guanidine groups is 1. The van der Waals surface area contributed by atoms with Gasteiger partial charge < -0.3 is 11.5 Å². The van der Waals surface area contributed by atoms with Crippen LogP contribution in [0.25, 0.3) is 0 Å². The molecule has 1 aromatic rings. The molecule has 2 aliphatic carbocycles. The Kier molecular flexibility index (Phi) is 3.26. The first-order valence-corrected chi connectivity index (χ1v) is 7.02. The monoisotopic (exact) mass is 289 g/mol. The fourth-order valence-electron chi connectivity index (χ4n) is 3.53. The van der Waals surface area contributed by atoms with E-state index in [2.05, 4.69) is 17.1 Å². The molecule has 5 heteroatoms. The molecule has 2 aliphatic rings.